The highest BCUT2D eigenvalue weighted by molar-refractivity contribution is 5.77. The molecule has 0 unspecified atom stereocenters. The van der Waals surface area contributed by atoms with Crippen LogP contribution in [0.1, 0.15) is 24.8 Å². The molecule has 0 aromatic carbocycles. The molecule has 1 aliphatic heterocycles. The number of likely N-dealkylation sites (tertiary alicyclic amines) is 1. The molecule has 0 bridgehead atoms. The maximum absolute atomic E-state index is 11.9. The first-order valence-electron chi connectivity index (χ1n) is 6.73. The fraction of sp³-hybridized carbons (Fsp3) is 0.615. The van der Waals surface area contributed by atoms with Crippen molar-refractivity contribution in [2.24, 2.45) is 0 Å². The quantitative estimate of drug-likeness (QED) is 0.836. The monoisotopic (exact) mass is 263 g/mol. The molecule has 0 spiro atoms. The summed E-state index contributed by atoms with van der Waals surface area (Å²) < 4.78 is 0. The third kappa shape index (κ3) is 3.56. The predicted molar refractivity (Wildman–Crippen MR) is 75.2 cm³/mol. The van der Waals surface area contributed by atoms with Crippen LogP contribution >= 0.6 is 0 Å². The molecule has 1 aromatic heterocycles. The second-order valence-electron chi connectivity index (χ2n) is 4.74. The smallest absolute Gasteiger partial charge is 0.224 e. The molecule has 1 saturated heterocycles. The Kier molecular flexibility index (Phi) is 4.54. The van der Waals surface area contributed by atoms with Crippen LogP contribution in [0.15, 0.2) is 6.20 Å². The van der Waals surface area contributed by atoms with Crippen molar-refractivity contribution < 1.29 is 4.79 Å². The fourth-order valence-corrected chi connectivity index (χ4v) is 2.15. The Bertz CT molecular complexity index is 443. The average molecular weight is 263 g/mol. The van der Waals surface area contributed by atoms with Crippen LogP contribution in [0.25, 0.3) is 0 Å². The number of nitrogens with one attached hydrogen (secondary N) is 2. The Hall–Kier alpha value is -1.85. The van der Waals surface area contributed by atoms with Gasteiger partial charge in [0, 0.05) is 44.9 Å². The molecule has 2 N–H and O–H groups in total. The van der Waals surface area contributed by atoms with E-state index in [0.29, 0.717) is 18.9 Å². The molecule has 104 valence electrons. The third-order valence-electron chi connectivity index (χ3n) is 3.29. The van der Waals surface area contributed by atoms with Crippen molar-refractivity contribution in [3.63, 3.8) is 0 Å². The predicted octanol–water partition coefficient (Wildman–Crippen LogP) is 1.25. The first-order valence-corrected chi connectivity index (χ1v) is 6.73. The number of carbonyl (C=O) groups excluding carboxylic acids is 1. The van der Waals surface area contributed by atoms with Gasteiger partial charge in [-0.05, 0) is 19.8 Å². The number of carbonyl (C=O) groups is 1. The summed E-state index contributed by atoms with van der Waals surface area (Å²) in [4.78, 5) is 22.3. The van der Waals surface area contributed by atoms with Crippen molar-refractivity contribution in [2.75, 3.05) is 37.3 Å². The summed E-state index contributed by atoms with van der Waals surface area (Å²) in [6, 6.07) is 0. The minimum absolute atomic E-state index is 0.227. The minimum atomic E-state index is 0.227. The lowest BCUT2D eigenvalue weighted by atomic mass is 10.3. The largest absolute Gasteiger partial charge is 0.369 e. The summed E-state index contributed by atoms with van der Waals surface area (Å²) in [5.74, 6) is 1.60. The van der Waals surface area contributed by atoms with Crippen molar-refractivity contribution in [3.05, 3.63) is 11.8 Å². The summed E-state index contributed by atoms with van der Waals surface area (Å²) >= 11 is 0. The summed E-state index contributed by atoms with van der Waals surface area (Å²) in [5.41, 5.74) is 0.979. The van der Waals surface area contributed by atoms with Gasteiger partial charge in [-0.2, -0.15) is 4.98 Å². The van der Waals surface area contributed by atoms with Gasteiger partial charge in [0.1, 0.15) is 5.82 Å². The van der Waals surface area contributed by atoms with Crippen LogP contribution in [0, 0.1) is 6.92 Å². The summed E-state index contributed by atoms with van der Waals surface area (Å²) in [6.45, 7) is 4.38. The zero-order chi connectivity index (χ0) is 13.7. The molecule has 0 saturated carbocycles. The van der Waals surface area contributed by atoms with Crippen LogP contribution in [0.4, 0.5) is 11.8 Å². The van der Waals surface area contributed by atoms with Crippen molar-refractivity contribution in [3.8, 4) is 0 Å². The maximum Gasteiger partial charge on any atom is 0.224 e. The summed E-state index contributed by atoms with van der Waals surface area (Å²) in [5, 5.41) is 6.10. The van der Waals surface area contributed by atoms with Crippen LogP contribution < -0.4 is 10.6 Å². The normalized spacial score (nSPS) is 14.5. The van der Waals surface area contributed by atoms with Crippen molar-refractivity contribution in [1.82, 2.24) is 14.9 Å². The van der Waals surface area contributed by atoms with Gasteiger partial charge in [-0.1, -0.05) is 0 Å². The lowest BCUT2D eigenvalue weighted by Crippen LogP contribution is -2.29. The minimum Gasteiger partial charge on any atom is -0.369 e. The molecule has 1 aromatic rings. The number of nitrogens with zero attached hydrogens (tertiary/aromatic N) is 3. The van der Waals surface area contributed by atoms with E-state index >= 15 is 0 Å². The van der Waals surface area contributed by atoms with E-state index in [9.17, 15) is 4.79 Å². The number of aryl methyl sites for hydroxylation is 1. The van der Waals surface area contributed by atoms with Crippen LogP contribution in [0.5, 0.6) is 0 Å². The van der Waals surface area contributed by atoms with Gasteiger partial charge in [0.05, 0.1) is 0 Å². The molecular weight excluding hydrogens is 242 g/mol. The first kappa shape index (κ1) is 13.6. The van der Waals surface area contributed by atoms with Crippen LogP contribution in [0.3, 0.4) is 0 Å². The molecule has 1 amide bonds. The molecule has 1 aliphatic rings. The van der Waals surface area contributed by atoms with E-state index in [4.69, 9.17) is 0 Å². The van der Waals surface area contributed by atoms with E-state index in [1.165, 1.54) is 0 Å². The molecule has 1 fully saturated rings. The lowest BCUT2D eigenvalue weighted by molar-refractivity contribution is -0.129. The number of rotatable bonds is 5. The van der Waals surface area contributed by atoms with E-state index in [1.54, 1.807) is 13.2 Å². The van der Waals surface area contributed by atoms with Crippen LogP contribution in [-0.4, -0.2) is 47.5 Å². The Morgan fingerprint density at radius 1 is 1.42 bits per heavy atom. The first-order chi connectivity index (χ1) is 9.20. The van der Waals surface area contributed by atoms with E-state index in [-0.39, 0.29) is 5.91 Å². The standard InChI is InChI=1S/C13H21N5O/c1-10-9-16-13(14-2)17-12(10)15-6-5-11(19)18-7-3-4-8-18/h9H,3-8H2,1-2H3,(H2,14,15,16,17). The van der Waals surface area contributed by atoms with Gasteiger partial charge in [0.15, 0.2) is 0 Å². The van der Waals surface area contributed by atoms with Gasteiger partial charge < -0.3 is 15.5 Å². The molecular formula is C13H21N5O. The van der Waals surface area contributed by atoms with Crippen molar-refractivity contribution in [2.45, 2.75) is 26.2 Å². The second-order valence-corrected chi connectivity index (χ2v) is 4.74. The van der Waals surface area contributed by atoms with Crippen LogP contribution in [-0.2, 0) is 4.79 Å². The van der Waals surface area contributed by atoms with Gasteiger partial charge in [-0.25, -0.2) is 4.98 Å². The third-order valence-corrected chi connectivity index (χ3v) is 3.29. The molecule has 6 nitrogen and oxygen atoms in total. The zero-order valence-corrected chi connectivity index (χ0v) is 11.6. The Labute approximate surface area is 113 Å². The second kappa shape index (κ2) is 6.36. The van der Waals surface area contributed by atoms with Crippen molar-refractivity contribution >= 4 is 17.7 Å². The highest BCUT2D eigenvalue weighted by Crippen LogP contribution is 2.13. The highest BCUT2D eigenvalue weighted by atomic mass is 16.2. The average Bonchev–Trinajstić information content (AvgIpc) is 2.95. The van der Waals surface area contributed by atoms with Gasteiger partial charge in [-0.15, -0.1) is 0 Å². The van der Waals surface area contributed by atoms with E-state index < -0.39 is 0 Å². The number of aromatic nitrogens is 2. The molecule has 2 heterocycles. The van der Waals surface area contributed by atoms with E-state index in [1.807, 2.05) is 11.8 Å². The Balaban J connectivity index is 1.83. The van der Waals surface area contributed by atoms with Gasteiger partial charge in [-0.3, -0.25) is 4.79 Å². The van der Waals surface area contributed by atoms with Crippen molar-refractivity contribution in [1.29, 1.82) is 0 Å². The molecule has 0 atom stereocenters. The molecule has 0 aliphatic carbocycles. The molecule has 2 rings (SSSR count). The van der Waals surface area contributed by atoms with Gasteiger partial charge in [0.2, 0.25) is 11.9 Å². The summed E-state index contributed by atoms with van der Waals surface area (Å²) in [6.07, 6.45) is 4.55. The lowest BCUT2D eigenvalue weighted by Gasteiger charge is -2.15. The van der Waals surface area contributed by atoms with E-state index in [2.05, 4.69) is 20.6 Å². The maximum atomic E-state index is 11.9. The molecule has 0 radical (unpaired) electrons. The number of hydrogen-bond acceptors (Lipinski definition) is 5. The highest BCUT2D eigenvalue weighted by Gasteiger charge is 2.17. The SMILES string of the molecule is CNc1ncc(C)c(NCCC(=O)N2CCCC2)n1. The fourth-order valence-electron chi connectivity index (χ4n) is 2.15. The van der Waals surface area contributed by atoms with Gasteiger partial charge >= 0.3 is 0 Å². The number of amides is 1. The Morgan fingerprint density at radius 2 is 2.16 bits per heavy atom. The number of anilines is 2. The molecule has 19 heavy (non-hydrogen) atoms. The molecule has 6 heteroatoms. The zero-order valence-electron chi connectivity index (χ0n) is 11.6. The number of hydrogen-bond donors (Lipinski definition) is 2. The summed E-state index contributed by atoms with van der Waals surface area (Å²) in [7, 11) is 1.78. The Morgan fingerprint density at radius 3 is 2.84 bits per heavy atom. The van der Waals surface area contributed by atoms with Crippen LogP contribution in [0.2, 0.25) is 0 Å². The van der Waals surface area contributed by atoms with E-state index in [0.717, 1.165) is 37.3 Å². The van der Waals surface area contributed by atoms with Gasteiger partial charge in [0.25, 0.3) is 0 Å². The topological polar surface area (TPSA) is 70.2 Å².